The number of nitrogens with zero attached hydrogens (tertiary/aromatic N) is 2. The molecule has 1 aromatic heterocycles. The average Bonchev–Trinajstić information content (AvgIpc) is 2.53. The van der Waals surface area contributed by atoms with E-state index in [0.29, 0.717) is 30.7 Å². The molecule has 0 spiro atoms. The zero-order valence-electron chi connectivity index (χ0n) is 12.7. The monoisotopic (exact) mass is 287 g/mol. The minimum Gasteiger partial charge on any atom is -0.439 e. The van der Waals surface area contributed by atoms with Gasteiger partial charge in [0.2, 0.25) is 5.88 Å². The van der Waals surface area contributed by atoms with Crippen molar-refractivity contribution in [2.24, 2.45) is 0 Å². The van der Waals surface area contributed by atoms with Gasteiger partial charge in [0, 0.05) is 19.7 Å². The summed E-state index contributed by atoms with van der Waals surface area (Å²) >= 11 is 0. The van der Waals surface area contributed by atoms with E-state index in [-0.39, 0.29) is 0 Å². The minimum atomic E-state index is 0.372. The third-order valence-corrected chi connectivity index (χ3v) is 2.99. The summed E-state index contributed by atoms with van der Waals surface area (Å²) in [6.45, 7) is 5.06. The number of hydrogen-bond donors (Lipinski definition) is 1. The topological polar surface area (TPSA) is 56.3 Å². The van der Waals surface area contributed by atoms with E-state index in [1.165, 1.54) is 5.56 Å². The summed E-state index contributed by atoms with van der Waals surface area (Å²) in [4.78, 5) is 8.69. The summed E-state index contributed by atoms with van der Waals surface area (Å²) in [5.74, 6) is 2.58. The number of aromatic nitrogens is 2. The van der Waals surface area contributed by atoms with E-state index in [9.17, 15) is 0 Å². The lowest BCUT2D eigenvalue weighted by Gasteiger charge is -2.09. The second-order valence-electron chi connectivity index (χ2n) is 4.49. The van der Waals surface area contributed by atoms with Crippen molar-refractivity contribution in [3.05, 3.63) is 41.7 Å². The third-order valence-electron chi connectivity index (χ3n) is 2.99. The fourth-order valence-electron chi connectivity index (χ4n) is 1.82. The Morgan fingerprint density at radius 2 is 1.86 bits per heavy atom. The summed E-state index contributed by atoms with van der Waals surface area (Å²) in [5, 5.41) is 3.00. The molecule has 0 unspecified atom stereocenters. The number of anilines is 1. The molecule has 112 valence electrons. The van der Waals surface area contributed by atoms with Crippen LogP contribution in [0.3, 0.4) is 0 Å². The zero-order valence-corrected chi connectivity index (χ0v) is 12.7. The van der Waals surface area contributed by atoms with Gasteiger partial charge >= 0.3 is 0 Å². The van der Waals surface area contributed by atoms with Gasteiger partial charge < -0.3 is 14.8 Å². The molecule has 1 aromatic carbocycles. The lowest BCUT2D eigenvalue weighted by atomic mass is 10.2. The molecular formula is C16H21N3O2. The first kappa shape index (κ1) is 15.3. The van der Waals surface area contributed by atoms with Gasteiger partial charge in [-0.05, 0) is 31.0 Å². The van der Waals surface area contributed by atoms with Crippen LogP contribution in [0.2, 0.25) is 0 Å². The molecular weight excluding hydrogens is 266 g/mol. The van der Waals surface area contributed by atoms with E-state index >= 15 is 0 Å². The molecule has 1 heterocycles. The van der Waals surface area contributed by atoms with Crippen LogP contribution in [0.1, 0.15) is 25.2 Å². The van der Waals surface area contributed by atoms with Gasteiger partial charge in [0.05, 0.1) is 0 Å². The highest BCUT2D eigenvalue weighted by molar-refractivity contribution is 5.39. The summed E-state index contributed by atoms with van der Waals surface area (Å²) < 4.78 is 11.1. The molecule has 5 heteroatoms. The van der Waals surface area contributed by atoms with Crippen molar-refractivity contribution in [2.45, 2.75) is 26.9 Å². The highest BCUT2D eigenvalue weighted by Crippen LogP contribution is 2.22. The number of nitrogens with one attached hydrogen (secondary N) is 1. The number of ether oxygens (including phenoxy) is 2. The SMILES string of the molecule is CCOCc1nc(NC)cc(Oc2ccc(CC)cc2)n1. The van der Waals surface area contributed by atoms with E-state index in [1.54, 1.807) is 6.07 Å². The molecule has 0 aliphatic heterocycles. The molecule has 0 radical (unpaired) electrons. The van der Waals surface area contributed by atoms with E-state index in [0.717, 1.165) is 12.2 Å². The highest BCUT2D eigenvalue weighted by atomic mass is 16.5. The van der Waals surface area contributed by atoms with Gasteiger partial charge in [-0.15, -0.1) is 0 Å². The standard InChI is InChI=1S/C16H21N3O2/c1-4-12-6-8-13(9-7-12)21-16-10-14(17-3)18-15(19-16)11-20-5-2/h6-10H,4-5,11H2,1-3H3,(H,17,18,19). The predicted molar refractivity (Wildman–Crippen MR) is 82.8 cm³/mol. The van der Waals surface area contributed by atoms with Crippen molar-refractivity contribution in [2.75, 3.05) is 19.0 Å². The Labute approximate surface area is 125 Å². The van der Waals surface area contributed by atoms with Crippen molar-refractivity contribution >= 4 is 5.82 Å². The van der Waals surface area contributed by atoms with Gasteiger partial charge in [-0.2, -0.15) is 4.98 Å². The van der Waals surface area contributed by atoms with Gasteiger partial charge in [-0.1, -0.05) is 19.1 Å². The summed E-state index contributed by atoms with van der Waals surface area (Å²) in [6.07, 6.45) is 1.01. The van der Waals surface area contributed by atoms with Crippen LogP contribution in [0.15, 0.2) is 30.3 Å². The quantitative estimate of drug-likeness (QED) is 0.845. The van der Waals surface area contributed by atoms with Crippen LogP contribution >= 0.6 is 0 Å². The van der Waals surface area contributed by atoms with Crippen LogP contribution in [-0.2, 0) is 17.8 Å². The third kappa shape index (κ3) is 4.43. The Morgan fingerprint density at radius 3 is 2.48 bits per heavy atom. The molecule has 0 saturated heterocycles. The van der Waals surface area contributed by atoms with Crippen LogP contribution in [-0.4, -0.2) is 23.6 Å². The van der Waals surface area contributed by atoms with Gasteiger partial charge in [0.25, 0.3) is 0 Å². The summed E-state index contributed by atoms with van der Waals surface area (Å²) in [7, 11) is 1.81. The van der Waals surface area contributed by atoms with Crippen molar-refractivity contribution in [3.8, 4) is 11.6 Å². The molecule has 5 nitrogen and oxygen atoms in total. The minimum absolute atomic E-state index is 0.372. The fraction of sp³-hybridized carbons (Fsp3) is 0.375. The van der Waals surface area contributed by atoms with Crippen LogP contribution in [0.4, 0.5) is 5.82 Å². The second-order valence-corrected chi connectivity index (χ2v) is 4.49. The normalized spacial score (nSPS) is 10.4. The average molecular weight is 287 g/mol. The number of hydrogen-bond acceptors (Lipinski definition) is 5. The van der Waals surface area contributed by atoms with Crippen molar-refractivity contribution < 1.29 is 9.47 Å². The Balaban J connectivity index is 2.16. The lowest BCUT2D eigenvalue weighted by Crippen LogP contribution is -2.04. The Kier molecular flexibility index (Phi) is 5.51. The zero-order chi connectivity index (χ0) is 15.1. The number of rotatable bonds is 7. The highest BCUT2D eigenvalue weighted by Gasteiger charge is 2.06. The van der Waals surface area contributed by atoms with E-state index < -0.39 is 0 Å². The molecule has 21 heavy (non-hydrogen) atoms. The first-order valence-corrected chi connectivity index (χ1v) is 7.15. The van der Waals surface area contributed by atoms with Gasteiger partial charge in [0.1, 0.15) is 18.2 Å². The smallest absolute Gasteiger partial charge is 0.224 e. The van der Waals surface area contributed by atoms with Crippen LogP contribution in [0, 0.1) is 0 Å². The van der Waals surface area contributed by atoms with Crippen molar-refractivity contribution in [1.29, 1.82) is 0 Å². The van der Waals surface area contributed by atoms with Crippen molar-refractivity contribution in [1.82, 2.24) is 9.97 Å². The Morgan fingerprint density at radius 1 is 1.10 bits per heavy atom. The number of aryl methyl sites for hydroxylation is 1. The molecule has 0 aliphatic carbocycles. The van der Waals surface area contributed by atoms with Crippen LogP contribution in [0.25, 0.3) is 0 Å². The molecule has 2 rings (SSSR count). The van der Waals surface area contributed by atoms with Crippen molar-refractivity contribution in [3.63, 3.8) is 0 Å². The van der Waals surface area contributed by atoms with E-state index in [1.807, 2.05) is 26.1 Å². The fourth-order valence-corrected chi connectivity index (χ4v) is 1.82. The second kappa shape index (κ2) is 7.59. The maximum atomic E-state index is 5.79. The molecule has 0 bridgehead atoms. The molecule has 0 amide bonds. The molecule has 0 aliphatic rings. The van der Waals surface area contributed by atoms with Crippen LogP contribution < -0.4 is 10.1 Å². The molecule has 0 atom stereocenters. The Hall–Kier alpha value is -2.14. The largest absolute Gasteiger partial charge is 0.439 e. The predicted octanol–water partition coefficient (Wildman–Crippen LogP) is 3.41. The Bertz CT molecular complexity index is 570. The van der Waals surface area contributed by atoms with E-state index in [2.05, 4.69) is 34.3 Å². The summed E-state index contributed by atoms with van der Waals surface area (Å²) in [6, 6.07) is 9.76. The van der Waals surface area contributed by atoms with E-state index in [4.69, 9.17) is 9.47 Å². The first-order chi connectivity index (χ1) is 10.2. The maximum Gasteiger partial charge on any atom is 0.224 e. The van der Waals surface area contributed by atoms with Crippen LogP contribution in [0.5, 0.6) is 11.6 Å². The molecule has 0 fully saturated rings. The van der Waals surface area contributed by atoms with Gasteiger partial charge in [-0.25, -0.2) is 4.98 Å². The summed E-state index contributed by atoms with van der Waals surface area (Å²) in [5.41, 5.74) is 1.28. The van der Waals surface area contributed by atoms with Gasteiger partial charge in [0.15, 0.2) is 5.82 Å². The molecule has 0 saturated carbocycles. The number of benzene rings is 1. The maximum absolute atomic E-state index is 5.79. The molecule has 1 N–H and O–H groups in total. The lowest BCUT2D eigenvalue weighted by molar-refractivity contribution is 0.128. The van der Waals surface area contributed by atoms with Gasteiger partial charge in [-0.3, -0.25) is 0 Å². The first-order valence-electron chi connectivity index (χ1n) is 7.15. The molecule has 2 aromatic rings.